The van der Waals surface area contributed by atoms with Gasteiger partial charge in [0.2, 0.25) is 0 Å². The first-order valence-electron chi connectivity index (χ1n) is 5.54. The molecule has 0 atom stereocenters. The molecule has 0 bridgehead atoms. The standard InChI is InChI=1S/C9H16N2O5S/c1-2-16-8(12)10-17(14,15)11-5-9(13,6-11)7-3-4-7/h7,13H,2-6H2,1H3,(H,10,12). The van der Waals surface area contributed by atoms with E-state index in [1.807, 2.05) is 0 Å². The van der Waals surface area contributed by atoms with Crippen molar-refractivity contribution in [2.45, 2.75) is 25.4 Å². The van der Waals surface area contributed by atoms with Crippen molar-refractivity contribution >= 4 is 16.3 Å². The monoisotopic (exact) mass is 264 g/mol. The van der Waals surface area contributed by atoms with E-state index in [0.29, 0.717) is 0 Å². The largest absolute Gasteiger partial charge is 0.449 e. The van der Waals surface area contributed by atoms with Crippen LogP contribution in [0.25, 0.3) is 0 Å². The fourth-order valence-corrected chi connectivity index (χ4v) is 3.13. The lowest BCUT2D eigenvalue weighted by Crippen LogP contribution is -2.66. The van der Waals surface area contributed by atoms with Crippen molar-refractivity contribution in [3.63, 3.8) is 0 Å². The SMILES string of the molecule is CCOC(=O)NS(=O)(=O)N1CC(O)(C2CC2)C1. The number of aliphatic hydroxyl groups is 1. The fourth-order valence-electron chi connectivity index (χ4n) is 1.94. The molecule has 1 saturated carbocycles. The summed E-state index contributed by atoms with van der Waals surface area (Å²) in [6.45, 7) is 1.79. The Hall–Kier alpha value is -0.860. The van der Waals surface area contributed by atoms with Gasteiger partial charge in [0.15, 0.2) is 0 Å². The zero-order chi connectivity index (χ0) is 12.7. The van der Waals surface area contributed by atoms with Crippen molar-refractivity contribution in [2.75, 3.05) is 19.7 Å². The highest BCUT2D eigenvalue weighted by Crippen LogP contribution is 2.44. The Morgan fingerprint density at radius 2 is 2.12 bits per heavy atom. The number of hydrogen-bond donors (Lipinski definition) is 2. The molecule has 7 nitrogen and oxygen atoms in total. The maximum atomic E-state index is 11.6. The highest BCUT2D eigenvalue weighted by molar-refractivity contribution is 7.87. The molecule has 0 spiro atoms. The summed E-state index contributed by atoms with van der Waals surface area (Å²) in [5.74, 6) is 0.205. The third-order valence-electron chi connectivity index (χ3n) is 3.07. The van der Waals surface area contributed by atoms with E-state index in [2.05, 4.69) is 4.74 Å². The average Bonchev–Trinajstić information content (AvgIpc) is 2.95. The van der Waals surface area contributed by atoms with Gasteiger partial charge >= 0.3 is 16.3 Å². The Morgan fingerprint density at radius 1 is 1.53 bits per heavy atom. The molecule has 1 saturated heterocycles. The molecule has 98 valence electrons. The van der Waals surface area contributed by atoms with Gasteiger partial charge in [-0.2, -0.15) is 12.7 Å². The van der Waals surface area contributed by atoms with Crippen LogP contribution in [-0.2, 0) is 14.9 Å². The van der Waals surface area contributed by atoms with Gasteiger partial charge in [0.05, 0.1) is 12.2 Å². The molecule has 0 unspecified atom stereocenters. The normalized spacial score (nSPS) is 23.9. The Bertz CT molecular complexity index is 411. The predicted molar refractivity (Wildman–Crippen MR) is 58.3 cm³/mol. The lowest BCUT2D eigenvalue weighted by molar-refractivity contribution is -0.0768. The molecule has 8 heteroatoms. The van der Waals surface area contributed by atoms with Crippen molar-refractivity contribution in [3.8, 4) is 0 Å². The summed E-state index contributed by atoms with van der Waals surface area (Å²) >= 11 is 0. The smallest absolute Gasteiger partial charge is 0.421 e. The molecule has 2 aliphatic rings. The maximum absolute atomic E-state index is 11.6. The van der Waals surface area contributed by atoms with E-state index in [4.69, 9.17) is 0 Å². The van der Waals surface area contributed by atoms with Crippen molar-refractivity contribution in [3.05, 3.63) is 0 Å². The van der Waals surface area contributed by atoms with Gasteiger partial charge < -0.3 is 9.84 Å². The van der Waals surface area contributed by atoms with Gasteiger partial charge in [-0.25, -0.2) is 9.52 Å². The Labute approximate surface area is 99.9 Å². The zero-order valence-electron chi connectivity index (χ0n) is 9.55. The summed E-state index contributed by atoms with van der Waals surface area (Å²) in [7, 11) is -3.87. The summed E-state index contributed by atoms with van der Waals surface area (Å²) in [4.78, 5) is 11.0. The Balaban J connectivity index is 1.88. The third-order valence-corrected chi connectivity index (χ3v) is 4.43. The van der Waals surface area contributed by atoms with E-state index < -0.39 is 21.9 Å². The van der Waals surface area contributed by atoms with Crippen LogP contribution in [0, 0.1) is 5.92 Å². The van der Waals surface area contributed by atoms with Gasteiger partial charge in [0.1, 0.15) is 0 Å². The molecule has 2 fully saturated rings. The average molecular weight is 264 g/mol. The number of nitrogens with zero attached hydrogens (tertiary/aromatic N) is 1. The van der Waals surface area contributed by atoms with Gasteiger partial charge in [0.25, 0.3) is 0 Å². The summed E-state index contributed by atoms with van der Waals surface area (Å²) in [6.07, 6.45) is 0.889. The Morgan fingerprint density at radius 3 is 2.59 bits per heavy atom. The molecule has 0 aromatic rings. The van der Waals surface area contributed by atoms with Gasteiger partial charge in [0, 0.05) is 13.1 Å². The third kappa shape index (κ3) is 2.53. The molecule has 0 aromatic heterocycles. The first-order valence-corrected chi connectivity index (χ1v) is 6.98. The summed E-state index contributed by atoms with van der Waals surface area (Å²) in [5, 5.41) is 9.97. The minimum absolute atomic E-state index is 0.0480. The minimum atomic E-state index is -3.87. The highest BCUT2D eigenvalue weighted by Gasteiger charge is 2.55. The zero-order valence-corrected chi connectivity index (χ0v) is 10.4. The second-order valence-electron chi connectivity index (χ2n) is 4.47. The predicted octanol–water partition coefficient (Wildman–Crippen LogP) is -0.566. The van der Waals surface area contributed by atoms with E-state index in [-0.39, 0.29) is 25.6 Å². The molecule has 1 aliphatic heterocycles. The second kappa shape index (κ2) is 4.11. The first-order chi connectivity index (χ1) is 7.87. The van der Waals surface area contributed by atoms with Crippen LogP contribution in [0.2, 0.25) is 0 Å². The van der Waals surface area contributed by atoms with Crippen LogP contribution in [0.4, 0.5) is 4.79 Å². The first kappa shape index (κ1) is 12.6. The quantitative estimate of drug-likeness (QED) is 0.709. The topological polar surface area (TPSA) is 95.9 Å². The molecular weight excluding hydrogens is 248 g/mol. The van der Waals surface area contributed by atoms with E-state index in [9.17, 15) is 18.3 Å². The van der Waals surface area contributed by atoms with Crippen molar-refractivity contribution in [2.24, 2.45) is 5.92 Å². The Kier molecular flexibility index (Phi) is 3.04. The molecule has 1 amide bonds. The number of hydrogen-bond acceptors (Lipinski definition) is 5. The molecule has 0 radical (unpaired) electrons. The maximum Gasteiger partial charge on any atom is 0.421 e. The lowest BCUT2D eigenvalue weighted by atomic mass is 9.91. The van der Waals surface area contributed by atoms with Crippen LogP contribution in [0.5, 0.6) is 0 Å². The minimum Gasteiger partial charge on any atom is -0.449 e. The summed E-state index contributed by atoms with van der Waals surface area (Å²) in [6, 6.07) is 0. The van der Waals surface area contributed by atoms with Crippen LogP contribution in [0.15, 0.2) is 0 Å². The fraction of sp³-hybridized carbons (Fsp3) is 0.889. The van der Waals surface area contributed by atoms with Crippen LogP contribution in [0.1, 0.15) is 19.8 Å². The number of carbonyl (C=O) groups is 1. The lowest BCUT2D eigenvalue weighted by Gasteiger charge is -2.45. The molecule has 2 N–H and O–H groups in total. The number of β-amino-alcohol motifs (C(OH)–C–C–N with tert-alkyl or cyclic N) is 1. The van der Waals surface area contributed by atoms with Crippen LogP contribution in [0.3, 0.4) is 0 Å². The van der Waals surface area contributed by atoms with Crippen molar-refractivity contribution in [1.82, 2.24) is 9.03 Å². The van der Waals surface area contributed by atoms with Gasteiger partial charge in [-0.15, -0.1) is 0 Å². The highest BCUT2D eigenvalue weighted by atomic mass is 32.2. The van der Waals surface area contributed by atoms with E-state index >= 15 is 0 Å². The molecular formula is C9H16N2O5S. The van der Waals surface area contributed by atoms with Crippen LogP contribution < -0.4 is 4.72 Å². The van der Waals surface area contributed by atoms with Crippen molar-refractivity contribution < 1.29 is 23.1 Å². The molecule has 1 aliphatic carbocycles. The molecule has 0 aromatic carbocycles. The number of amides is 1. The van der Waals surface area contributed by atoms with E-state index in [1.165, 1.54) is 0 Å². The number of carbonyl (C=O) groups excluding carboxylic acids is 1. The summed E-state index contributed by atoms with van der Waals surface area (Å²) in [5.41, 5.74) is -0.899. The summed E-state index contributed by atoms with van der Waals surface area (Å²) < 4.78 is 30.6. The van der Waals surface area contributed by atoms with Crippen LogP contribution >= 0.6 is 0 Å². The number of ether oxygens (including phenoxy) is 1. The van der Waals surface area contributed by atoms with Gasteiger partial charge in [-0.3, -0.25) is 0 Å². The van der Waals surface area contributed by atoms with Gasteiger partial charge in [-0.05, 0) is 25.7 Å². The van der Waals surface area contributed by atoms with E-state index in [1.54, 1.807) is 11.6 Å². The number of rotatable bonds is 4. The van der Waals surface area contributed by atoms with Gasteiger partial charge in [-0.1, -0.05) is 0 Å². The second-order valence-corrected chi connectivity index (χ2v) is 6.14. The number of nitrogens with one attached hydrogen (secondary N) is 1. The van der Waals surface area contributed by atoms with E-state index in [0.717, 1.165) is 17.1 Å². The molecule has 2 rings (SSSR count). The molecule has 1 heterocycles. The van der Waals surface area contributed by atoms with Crippen molar-refractivity contribution in [1.29, 1.82) is 0 Å². The molecule has 17 heavy (non-hydrogen) atoms. The van der Waals surface area contributed by atoms with Crippen LogP contribution in [-0.4, -0.2) is 49.2 Å².